The van der Waals surface area contributed by atoms with E-state index in [1.165, 1.54) is 33.2 Å². The van der Waals surface area contributed by atoms with Crippen molar-refractivity contribution in [2.45, 2.75) is 97.8 Å². The van der Waals surface area contributed by atoms with Crippen LogP contribution in [0.25, 0.3) is 50.0 Å². The zero-order valence-electron chi connectivity index (χ0n) is 38.1. The van der Waals surface area contributed by atoms with Crippen LogP contribution in [0.1, 0.15) is 104 Å². The second kappa shape index (κ2) is 14.9. The van der Waals surface area contributed by atoms with Gasteiger partial charge in [0.05, 0.1) is 33.4 Å². The van der Waals surface area contributed by atoms with Gasteiger partial charge in [0, 0.05) is 28.5 Å². The van der Waals surface area contributed by atoms with Gasteiger partial charge in [-0.1, -0.05) is 149 Å². The molecule has 9 rings (SSSR count). The highest BCUT2D eigenvalue weighted by Crippen LogP contribution is 2.38. The van der Waals surface area contributed by atoms with Crippen molar-refractivity contribution in [1.82, 2.24) is 14.1 Å². The van der Waals surface area contributed by atoms with Crippen molar-refractivity contribution in [3.8, 4) is 28.7 Å². The molecule has 6 aromatic carbocycles. The van der Waals surface area contributed by atoms with Crippen LogP contribution in [0, 0.1) is 6.33 Å². The van der Waals surface area contributed by atoms with Gasteiger partial charge in [-0.2, -0.15) is 0 Å². The largest absolute Gasteiger partial charge is 0.458 e. The summed E-state index contributed by atoms with van der Waals surface area (Å²) in [6.07, 6.45) is 5.74. The number of para-hydroxylation sites is 1. The highest BCUT2D eigenvalue weighted by molar-refractivity contribution is 6.09. The minimum atomic E-state index is -0.209. The molecule has 0 radical (unpaired) electrons. The van der Waals surface area contributed by atoms with E-state index in [0.29, 0.717) is 0 Å². The van der Waals surface area contributed by atoms with Crippen LogP contribution in [-0.2, 0) is 21.7 Å². The number of fused-ring (bicyclic) bond motifs is 4. The van der Waals surface area contributed by atoms with Crippen molar-refractivity contribution in [3.63, 3.8) is 0 Å². The highest BCUT2D eigenvalue weighted by Gasteiger charge is 2.26. The summed E-state index contributed by atoms with van der Waals surface area (Å²) < 4.78 is 13.5. The van der Waals surface area contributed by atoms with Gasteiger partial charge in [-0.05, 0) is 111 Å². The predicted molar refractivity (Wildman–Crippen MR) is 257 cm³/mol. The van der Waals surface area contributed by atoms with Gasteiger partial charge < -0.3 is 4.74 Å². The third-order valence-electron chi connectivity index (χ3n) is 12.6. The minimum Gasteiger partial charge on any atom is -0.458 e. The number of hydrogen-bond acceptors (Lipinski definition) is 2. The molecule has 0 aliphatic heterocycles. The summed E-state index contributed by atoms with van der Waals surface area (Å²) in [4.78, 5) is 4.97. The number of rotatable bonds is 7. The molecule has 0 fully saturated rings. The van der Waals surface area contributed by atoms with Crippen molar-refractivity contribution < 1.29 is 9.30 Å². The molecule has 312 valence electrons. The summed E-state index contributed by atoms with van der Waals surface area (Å²) in [6, 6.07) is 52.2. The number of pyridine rings is 1. The Morgan fingerprint density at radius 2 is 1.15 bits per heavy atom. The van der Waals surface area contributed by atoms with Crippen molar-refractivity contribution in [2.24, 2.45) is 0 Å². The molecule has 0 atom stereocenters. The van der Waals surface area contributed by atoms with E-state index in [0.717, 1.165) is 56.1 Å². The van der Waals surface area contributed by atoms with E-state index in [-0.39, 0.29) is 21.7 Å². The molecule has 0 spiro atoms. The SMILES string of the molecule is CC(C)(C)c1cc(-[n+]2[c-]n(-c3cccc(Oc4ccc5c6ccccc6n(-c6cc(C(C)(C)c7ccccc7)ccn6)c5c4)c3)c3cc(C(C)(C)C)ccc32)cc(C(C)(C)C)c1. The van der Waals surface area contributed by atoms with E-state index in [2.05, 4.69) is 236 Å². The van der Waals surface area contributed by atoms with Crippen molar-refractivity contribution in [3.05, 3.63) is 186 Å². The fourth-order valence-electron chi connectivity index (χ4n) is 8.60. The van der Waals surface area contributed by atoms with Crippen LogP contribution in [0.5, 0.6) is 11.5 Å². The van der Waals surface area contributed by atoms with Crippen LogP contribution in [0.4, 0.5) is 0 Å². The molecule has 0 aliphatic rings. The van der Waals surface area contributed by atoms with Gasteiger partial charge in [0.2, 0.25) is 0 Å². The lowest BCUT2D eigenvalue weighted by molar-refractivity contribution is -0.572. The molecule has 0 saturated carbocycles. The highest BCUT2D eigenvalue weighted by atomic mass is 16.5. The fourth-order valence-corrected chi connectivity index (χ4v) is 8.60. The van der Waals surface area contributed by atoms with E-state index < -0.39 is 0 Å². The molecular formula is C57H58N4O. The summed E-state index contributed by atoms with van der Waals surface area (Å²) >= 11 is 0. The topological polar surface area (TPSA) is 35.9 Å². The quantitative estimate of drug-likeness (QED) is 0.119. The molecule has 0 unspecified atom stereocenters. The molecule has 0 bridgehead atoms. The average molecular weight is 815 g/mol. The second-order valence-electron chi connectivity index (χ2n) is 20.5. The smallest absolute Gasteiger partial charge is 0.269 e. The van der Waals surface area contributed by atoms with E-state index in [1.807, 2.05) is 12.3 Å². The Bertz CT molecular complexity index is 3090. The summed E-state index contributed by atoms with van der Waals surface area (Å²) in [7, 11) is 0. The fraction of sp³-hybridized carbons (Fsp3) is 0.263. The molecule has 0 N–H and O–H groups in total. The molecule has 3 aromatic heterocycles. The van der Waals surface area contributed by atoms with Crippen molar-refractivity contribution >= 4 is 32.8 Å². The molecule has 0 aliphatic carbocycles. The first kappa shape index (κ1) is 40.9. The summed E-state index contributed by atoms with van der Waals surface area (Å²) in [5.74, 6) is 2.37. The molecule has 5 heteroatoms. The van der Waals surface area contributed by atoms with Crippen LogP contribution in [-0.4, -0.2) is 14.1 Å². The van der Waals surface area contributed by atoms with Gasteiger partial charge in [-0.25, -0.2) is 4.98 Å². The maximum atomic E-state index is 6.79. The first-order valence-electron chi connectivity index (χ1n) is 21.9. The Hall–Kier alpha value is -6.46. The lowest BCUT2D eigenvalue weighted by Crippen LogP contribution is -2.31. The molecule has 9 aromatic rings. The zero-order chi connectivity index (χ0) is 43.8. The summed E-state index contributed by atoms with van der Waals surface area (Å²) in [6.45, 7) is 25.1. The Morgan fingerprint density at radius 3 is 1.85 bits per heavy atom. The monoisotopic (exact) mass is 814 g/mol. The molecular weight excluding hydrogens is 757 g/mol. The second-order valence-corrected chi connectivity index (χ2v) is 20.5. The maximum Gasteiger partial charge on any atom is 0.269 e. The van der Waals surface area contributed by atoms with Crippen molar-refractivity contribution in [2.75, 3.05) is 0 Å². The minimum absolute atomic E-state index is 0.0166. The van der Waals surface area contributed by atoms with E-state index >= 15 is 0 Å². The Morgan fingerprint density at radius 1 is 0.484 bits per heavy atom. The number of ether oxygens (including phenoxy) is 1. The van der Waals surface area contributed by atoms with Crippen LogP contribution < -0.4 is 9.30 Å². The molecule has 0 amide bonds. The molecule has 5 nitrogen and oxygen atoms in total. The maximum absolute atomic E-state index is 6.79. The number of aromatic nitrogens is 4. The van der Waals surface area contributed by atoms with Gasteiger partial charge in [-0.15, -0.1) is 0 Å². The molecule has 3 heterocycles. The predicted octanol–water partition coefficient (Wildman–Crippen LogP) is 14.2. The summed E-state index contributed by atoms with van der Waals surface area (Å²) in [5, 5.41) is 2.32. The molecule has 62 heavy (non-hydrogen) atoms. The lowest BCUT2D eigenvalue weighted by Gasteiger charge is -2.26. The third-order valence-corrected chi connectivity index (χ3v) is 12.6. The van der Waals surface area contributed by atoms with Crippen LogP contribution in [0.3, 0.4) is 0 Å². The van der Waals surface area contributed by atoms with Crippen LogP contribution in [0.2, 0.25) is 0 Å². The lowest BCUT2D eigenvalue weighted by atomic mass is 9.78. The van der Waals surface area contributed by atoms with Gasteiger partial charge >= 0.3 is 0 Å². The average Bonchev–Trinajstić information content (AvgIpc) is 3.79. The summed E-state index contributed by atoms with van der Waals surface area (Å²) in [5.41, 5.74) is 12.5. The van der Waals surface area contributed by atoms with Crippen LogP contribution >= 0.6 is 0 Å². The van der Waals surface area contributed by atoms with Crippen molar-refractivity contribution in [1.29, 1.82) is 0 Å². The first-order chi connectivity index (χ1) is 29.4. The Kier molecular flexibility index (Phi) is 9.81. The van der Waals surface area contributed by atoms with E-state index in [1.54, 1.807) is 0 Å². The van der Waals surface area contributed by atoms with E-state index in [4.69, 9.17) is 9.72 Å². The van der Waals surface area contributed by atoms with Gasteiger partial charge in [0.1, 0.15) is 17.3 Å². The van der Waals surface area contributed by atoms with Gasteiger partial charge in [-0.3, -0.25) is 13.7 Å². The van der Waals surface area contributed by atoms with Crippen LogP contribution in [0.15, 0.2) is 152 Å². The van der Waals surface area contributed by atoms with Gasteiger partial charge in [0.15, 0.2) is 0 Å². The number of hydrogen-bond donors (Lipinski definition) is 0. The standard InChI is InChI=1S/C57H58N4O/c1-54(2,3)39-24-27-50-52(33-39)59(37-60(50)44-31-41(55(4,5)6)30-42(32-44)56(7,8)9)43-20-17-21-45(35-43)62-46-25-26-48-47-22-15-16-23-49(47)61(51(48)36-46)53-34-40(28-29-58-53)57(10,11)38-18-13-12-14-19-38/h12-36H,1-11H3. The Balaban J connectivity index is 1.14. The van der Waals surface area contributed by atoms with Gasteiger partial charge in [0.25, 0.3) is 6.33 Å². The normalized spacial score (nSPS) is 12.8. The third kappa shape index (κ3) is 7.48. The molecule has 0 saturated heterocycles. The first-order valence-corrected chi connectivity index (χ1v) is 21.9. The number of imidazole rings is 1. The number of nitrogens with zero attached hydrogens (tertiary/aromatic N) is 4. The zero-order valence-corrected chi connectivity index (χ0v) is 38.1. The number of benzene rings is 6. The van der Waals surface area contributed by atoms with E-state index in [9.17, 15) is 0 Å². The Labute approximate surface area is 367 Å².